The van der Waals surface area contributed by atoms with Gasteiger partial charge in [-0.1, -0.05) is 5.21 Å². The van der Waals surface area contributed by atoms with Gasteiger partial charge >= 0.3 is 0 Å². The van der Waals surface area contributed by atoms with E-state index in [1.54, 1.807) is 17.1 Å². The molecule has 3 heterocycles. The minimum Gasteiger partial charge on any atom is -0.354 e. The molecular formula is C11H12BrN5O. The van der Waals surface area contributed by atoms with Gasteiger partial charge in [0.15, 0.2) is 0 Å². The summed E-state index contributed by atoms with van der Waals surface area (Å²) in [6.45, 7) is 2.09. The lowest BCUT2D eigenvalue weighted by Crippen LogP contribution is -2.25. The normalized spacial score (nSPS) is 19.4. The predicted octanol–water partition coefficient (Wildman–Crippen LogP) is 1.30. The fourth-order valence-electron chi connectivity index (χ4n) is 1.91. The number of pyridine rings is 1. The van der Waals surface area contributed by atoms with Crippen LogP contribution in [-0.2, 0) is 11.3 Å². The highest BCUT2D eigenvalue weighted by Crippen LogP contribution is 2.19. The van der Waals surface area contributed by atoms with Crippen molar-refractivity contribution in [2.24, 2.45) is 0 Å². The maximum absolute atomic E-state index is 5.71. The second-order valence-electron chi connectivity index (χ2n) is 4.10. The number of rotatable bonds is 3. The van der Waals surface area contributed by atoms with Crippen LogP contribution in [0.1, 0.15) is 0 Å². The molecule has 7 heteroatoms. The van der Waals surface area contributed by atoms with Crippen LogP contribution in [0, 0.1) is 0 Å². The van der Waals surface area contributed by atoms with Gasteiger partial charge in [0.2, 0.25) is 0 Å². The lowest BCUT2D eigenvalue weighted by atomic mass is 10.3. The maximum atomic E-state index is 5.71. The number of nitrogens with zero attached hydrogens (tertiary/aromatic N) is 5. The third kappa shape index (κ3) is 2.51. The summed E-state index contributed by atoms with van der Waals surface area (Å²) >= 11 is 3.37. The molecule has 94 valence electrons. The molecule has 2 aromatic heterocycles. The Hall–Kier alpha value is -1.47. The van der Waals surface area contributed by atoms with E-state index in [0.717, 1.165) is 16.8 Å². The van der Waals surface area contributed by atoms with Crippen molar-refractivity contribution < 1.29 is 4.74 Å². The predicted molar refractivity (Wildman–Crippen MR) is 69.0 cm³/mol. The summed E-state index contributed by atoms with van der Waals surface area (Å²) in [7, 11) is 0. The number of halogens is 1. The van der Waals surface area contributed by atoms with E-state index in [-0.39, 0.29) is 6.10 Å². The van der Waals surface area contributed by atoms with E-state index in [4.69, 9.17) is 4.74 Å². The molecule has 6 nitrogen and oxygen atoms in total. The van der Waals surface area contributed by atoms with Crippen LogP contribution in [0.25, 0.3) is 0 Å². The van der Waals surface area contributed by atoms with Gasteiger partial charge in [0.1, 0.15) is 12.5 Å². The fraction of sp³-hybridized carbons (Fsp3) is 0.364. The molecule has 1 aliphatic rings. The van der Waals surface area contributed by atoms with Gasteiger partial charge in [-0.15, -0.1) is 5.10 Å². The third-order valence-corrected chi connectivity index (χ3v) is 3.26. The van der Waals surface area contributed by atoms with Crippen LogP contribution in [0.15, 0.2) is 35.2 Å². The van der Waals surface area contributed by atoms with Crippen LogP contribution < -0.4 is 4.90 Å². The Balaban J connectivity index is 1.63. The zero-order chi connectivity index (χ0) is 12.4. The Morgan fingerprint density at radius 2 is 2.39 bits per heavy atom. The lowest BCUT2D eigenvalue weighted by Gasteiger charge is -2.14. The van der Waals surface area contributed by atoms with Crippen LogP contribution in [-0.4, -0.2) is 39.4 Å². The van der Waals surface area contributed by atoms with Gasteiger partial charge in [-0.25, -0.2) is 9.67 Å². The molecule has 1 atom stereocenters. The van der Waals surface area contributed by atoms with E-state index in [1.807, 2.05) is 18.3 Å². The minimum absolute atomic E-state index is 0.122. The zero-order valence-corrected chi connectivity index (χ0v) is 11.2. The fourth-order valence-corrected chi connectivity index (χ4v) is 2.15. The Bertz CT molecular complexity index is 501. The topological polar surface area (TPSA) is 56.1 Å². The summed E-state index contributed by atoms with van der Waals surface area (Å²) in [5.41, 5.74) is 0. The summed E-state index contributed by atoms with van der Waals surface area (Å²) in [5, 5.41) is 7.71. The van der Waals surface area contributed by atoms with Crippen molar-refractivity contribution in [3.05, 3.63) is 35.2 Å². The molecule has 0 unspecified atom stereocenters. The molecule has 0 amide bonds. The van der Waals surface area contributed by atoms with E-state index in [2.05, 4.69) is 36.1 Å². The highest BCUT2D eigenvalue weighted by atomic mass is 79.9. The third-order valence-electron chi connectivity index (χ3n) is 2.79. The first kappa shape index (κ1) is 11.6. The molecule has 0 aromatic carbocycles. The molecule has 0 aliphatic carbocycles. The summed E-state index contributed by atoms with van der Waals surface area (Å²) in [5.74, 6) is 0.930. The number of aromatic nitrogens is 4. The van der Waals surface area contributed by atoms with Crippen LogP contribution >= 0.6 is 15.9 Å². The van der Waals surface area contributed by atoms with E-state index in [0.29, 0.717) is 13.3 Å². The molecule has 18 heavy (non-hydrogen) atoms. The van der Waals surface area contributed by atoms with E-state index in [9.17, 15) is 0 Å². The van der Waals surface area contributed by atoms with E-state index in [1.165, 1.54) is 0 Å². The average Bonchev–Trinajstić information content (AvgIpc) is 3.02. The van der Waals surface area contributed by atoms with Gasteiger partial charge < -0.3 is 9.64 Å². The van der Waals surface area contributed by atoms with Crippen LogP contribution in [0.2, 0.25) is 0 Å². The van der Waals surface area contributed by atoms with Gasteiger partial charge in [-0.05, 0) is 28.1 Å². The number of ether oxygens (including phenoxy) is 1. The molecule has 0 bridgehead atoms. The second-order valence-corrected chi connectivity index (χ2v) is 5.02. The van der Waals surface area contributed by atoms with E-state index >= 15 is 0 Å². The Labute approximate surface area is 113 Å². The lowest BCUT2D eigenvalue weighted by molar-refractivity contribution is 0.0990. The molecule has 0 saturated carbocycles. The molecule has 0 spiro atoms. The highest BCUT2D eigenvalue weighted by molar-refractivity contribution is 9.10. The molecule has 3 rings (SSSR count). The highest BCUT2D eigenvalue weighted by Gasteiger charge is 2.24. The first-order valence-electron chi connectivity index (χ1n) is 5.63. The summed E-state index contributed by atoms with van der Waals surface area (Å²) in [4.78, 5) is 6.46. The molecule has 0 N–H and O–H groups in total. The second kappa shape index (κ2) is 5.03. The standard InChI is InChI=1S/C11H12BrN5O/c12-9-1-2-11(13-5-9)16-6-10(18-8-16)7-17-4-3-14-15-17/h1-5,10H,6-8H2/t10-/m1/s1. The number of anilines is 1. The largest absolute Gasteiger partial charge is 0.354 e. The SMILES string of the molecule is Brc1ccc(N2CO[C@@H](Cn3ccnn3)C2)nc1. The van der Waals surface area contributed by atoms with Gasteiger partial charge in [-0.3, -0.25) is 0 Å². The molecular weight excluding hydrogens is 298 g/mol. The van der Waals surface area contributed by atoms with Gasteiger partial charge in [0.25, 0.3) is 0 Å². The van der Waals surface area contributed by atoms with Crippen molar-refractivity contribution in [1.82, 2.24) is 20.0 Å². The summed E-state index contributed by atoms with van der Waals surface area (Å²) in [6, 6.07) is 3.96. The summed E-state index contributed by atoms with van der Waals surface area (Å²) in [6.07, 6.45) is 5.42. The molecule has 2 aromatic rings. The molecule has 1 aliphatic heterocycles. The van der Waals surface area contributed by atoms with Crippen molar-refractivity contribution in [1.29, 1.82) is 0 Å². The van der Waals surface area contributed by atoms with Crippen LogP contribution in [0.5, 0.6) is 0 Å². The molecule has 1 saturated heterocycles. The smallest absolute Gasteiger partial charge is 0.130 e. The minimum atomic E-state index is 0.122. The van der Waals surface area contributed by atoms with Gasteiger partial charge in [0.05, 0.1) is 18.8 Å². The van der Waals surface area contributed by atoms with Crippen molar-refractivity contribution >= 4 is 21.7 Å². The van der Waals surface area contributed by atoms with Gasteiger partial charge in [-0.2, -0.15) is 0 Å². The monoisotopic (exact) mass is 309 g/mol. The Kier molecular flexibility index (Phi) is 3.24. The first-order chi connectivity index (χ1) is 8.81. The quantitative estimate of drug-likeness (QED) is 0.855. The summed E-state index contributed by atoms with van der Waals surface area (Å²) < 4.78 is 8.47. The number of hydrogen-bond acceptors (Lipinski definition) is 5. The van der Waals surface area contributed by atoms with Crippen molar-refractivity contribution in [2.75, 3.05) is 18.2 Å². The molecule has 0 radical (unpaired) electrons. The van der Waals surface area contributed by atoms with E-state index < -0.39 is 0 Å². The van der Waals surface area contributed by atoms with Crippen molar-refractivity contribution in [2.45, 2.75) is 12.6 Å². The van der Waals surface area contributed by atoms with Crippen LogP contribution in [0.4, 0.5) is 5.82 Å². The van der Waals surface area contributed by atoms with Crippen LogP contribution in [0.3, 0.4) is 0 Å². The van der Waals surface area contributed by atoms with Gasteiger partial charge in [0, 0.05) is 23.4 Å². The first-order valence-corrected chi connectivity index (χ1v) is 6.43. The maximum Gasteiger partial charge on any atom is 0.130 e. The molecule has 1 fully saturated rings. The zero-order valence-electron chi connectivity index (χ0n) is 9.61. The average molecular weight is 310 g/mol. The Morgan fingerprint density at radius 1 is 1.44 bits per heavy atom. The van der Waals surface area contributed by atoms with Crippen molar-refractivity contribution in [3.63, 3.8) is 0 Å². The number of hydrogen-bond donors (Lipinski definition) is 0. The Morgan fingerprint density at radius 3 is 3.11 bits per heavy atom. The van der Waals surface area contributed by atoms with Crippen molar-refractivity contribution in [3.8, 4) is 0 Å².